The van der Waals surface area contributed by atoms with Crippen molar-refractivity contribution in [2.45, 2.75) is 11.4 Å². The van der Waals surface area contributed by atoms with Crippen molar-refractivity contribution in [3.05, 3.63) is 59.3 Å². The van der Waals surface area contributed by atoms with Gasteiger partial charge in [-0.15, -0.1) is 0 Å². The first kappa shape index (κ1) is 13.8. The van der Waals surface area contributed by atoms with Crippen molar-refractivity contribution in [2.75, 3.05) is 6.61 Å². The maximum Gasteiger partial charge on any atom is 0.201 e. The van der Waals surface area contributed by atoms with Crippen molar-refractivity contribution >= 4 is 15.4 Å². The van der Waals surface area contributed by atoms with Crippen LogP contribution in [-0.2, 0) is 16.4 Å². The van der Waals surface area contributed by atoms with Crippen LogP contribution in [0.2, 0.25) is 0 Å². The number of aromatic nitrogens is 1. The first-order valence-corrected chi connectivity index (χ1v) is 7.97. The summed E-state index contributed by atoms with van der Waals surface area (Å²) in [5, 5.41) is 1.26. The molecule has 0 bridgehead atoms. The van der Waals surface area contributed by atoms with Crippen LogP contribution in [0.3, 0.4) is 0 Å². The van der Waals surface area contributed by atoms with Gasteiger partial charge in [-0.05, 0) is 17.7 Å². The molecule has 0 saturated heterocycles. The Hall–Kier alpha value is -2.18. The fraction of sp³-hybridized carbons (Fsp3) is 0.133. The first-order chi connectivity index (χ1) is 10.1. The van der Waals surface area contributed by atoms with Crippen molar-refractivity contribution in [2.24, 2.45) is 5.73 Å². The third-order valence-electron chi connectivity index (χ3n) is 3.27. The Morgan fingerprint density at radius 2 is 2.05 bits per heavy atom. The Balaban J connectivity index is 1.93. The van der Waals surface area contributed by atoms with Crippen molar-refractivity contribution in [3.63, 3.8) is 0 Å². The van der Waals surface area contributed by atoms with E-state index in [0.717, 1.165) is 0 Å². The van der Waals surface area contributed by atoms with Crippen LogP contribution in [0.4, 0.5) is 0 Å². The molecule has 1 aromatic carbocycles. The monoisotopic (exact) mass is 302 g/mol. The summed E-state index contributed by atoms with van der Waals surface area (Å²) in [6.07, 6.45) is 3.23. The largest absolute Gasteiger partial charge is 0.487 e. The number of fused-ring (bicyclic) bond motifs is 1. The molecule has 1 aliphatic rings. The molecule has 0 spiro atoms. The summed E-state index contributed by atoms with van der Waals surface area (Å²) in [5.41, 5.74) is 7.55. The molecule has 2 aromatic rings. The van der Waals surface area contributed by atoms with Crippen LogP contribution >= 0.6 is 0 Å². The van der Waals surface area contributed by atoms with E-state index in [-0.39, 0.29) is 13.2 Å². The quantitative estimate of drug-likeness (QED) is 0.930. The number of nitrogens with zero attached hydrogens (tertiary/aromatic N) is 1. The zero-order valence-electron chi connectivity index (χ0n) is 11.2. The van der Waals surface area contributed by atoms with Gasteiger partial charge in [0, 0.05) is 29.3 Å². The highest BCUT2D eigenvalue weighted by Crippen LogP contribution is 2.35. The molecule has 2 heterocycles. The SMILES string of the molecule is NCc1cccc2c1S(=O)(=O)C=C2COc1cccnc1. The highest BCUT2D eigenvalue weighted by Gasteiger charge is 2.29. The van der Waals surface area contributed by atoms with Crippen LogP contribution in [0, 0.1) is 0 Å². The fourth-order valence-electron chi connectivity index (χ4n) is 2.35. The number of hydrogen-bond acceptors (Lipinski definition) is 5. The van der Waals surface area contributed by atoms with Crippen LogP contribution in [0.1, 0.15) is 11.1 Å². The number of ether oxygens (including phenoxy) is 1. The molecule has 21 heavy (non-hydrogen) atoms. The summed E-state index contributed by atoms with van der Waals surface area (Å²) in [6.45, 7) is 0.360. The molecule has 0 aliphatic carbocycles. The molecule has 108 valence electrons. The van der Waals surface area contributed by atoms with Gasteiger partial charge in [0.25, 0.3) is 0 Å². The second-order valence-electron chi connectivity index (χ2n) is 4.66. The molecule has 0 fully saturated rings. The molecule has 0 unspecified atom stereocenters. The Kier molecular flexibility index (Phi) is 3.48. The first-order valence-electron chi connectivity index (χ1n) is 6.42. The Bertz CT molecular complexity index is 799. The zero-order valence-corrected chi connectivity index (χ0v) is 12.0. The van der Waals surface area contributed by atoms with Gasteiger partial charge < -0.3 is 10.5 Å². The number of sulfone groups is 1. The van der Waals surface area contributed by atoms with E-state index in [9.17, 15) is 8.42 Å². The normalized spacial score (nSPS) is 15.4. The number of rotatable bonds is 4. The summed E-state index contributed by atoms with van der Waals surface area (Å²) in [7, 11) is -3.44. The molecule has 3 rings (SSSR count). The van der Waals surface area contributed by atoms with Crippen LogP contribution in [0.5, 0.6) is 5.75 Å². The van der Waals surface area contributed by atoms with E-state index in [0.29, 0.717) is 27.3 Å². The molecule has 0 amide bonds. The molecular weight excluding hydrogens is 288 g/mol. The van der Waals surface area contributed by atoms with Crippen LogP contribution in [0.25, 0.3) is 5.57 Å². The van der Waals surface area contributed by atoms with Crippen LogP contribution < -0.4 is 10.5 Å². The van der Waals surface area contributed by atoms with Gasteiger partial charge in [0.05, 0.1) is 11.1 Å². The molecule has 0 atom stereocenters. The number of benzene rings is 1. The molecule has 0 radical (unpaired) electrons. The van der Waals surface area contributed by atoms with E-state index < -0.39 is 9.84 Å². The van der Waals surface area contributed by atoms with E-state index in [1.54, 1.807) is 42.7 Å². The van der Waals surface area contributed by atoms with Gasteiger partial charge >= 0.3 is 0 Å². The molecule has 0 saturated carbocycles. The molecule has 2 N–H and O–H groups in total. The topological polar surface area (TPSA) is 82.3 Å². The summed E-state index contributed by atoms with van der Waals surface area (Å²) in [6, 6.07) is 8.84. The average molecular weight is 302 g/mol. The van der Waals surface area contributed by atoms with Gasteiger partial charge in [-0.2, -0.15) is 0 Å². The fourth-order valence-corrected chi connectivity index (χ4v) is 4.06. The summed E-state index contributed by atoms with van der Waals surface area (Å²) in [4.78, 5) is 4.25. The number of nitrogens with two attached hydrogens (primary N) is 1. The van der Waals surface area contributed by atoms with Gasteiger partial charge in [0.15, 0.2) is 0 Å². The maximum absolute atomic E-state index is 12.3. The van der Waals surface area contributed by atoms with Crippen LogP contribution in [-0.4, -0.2) is 20.0 Å². The average Bonchev–Trinajstić information content (AvgIpc) is 2.77. The van der Waals surface area contributed by atoms with Crippen molar-refractivity contribution in [1.29, 1.82) is 0 Å². The van der Waals surface area contributed by atoms with Gasteiger partial charge in [0.1, 0.15) is 12.4 Å². The third kappa shape index (κ3) is 2.55. The Labute approximate surface area is 123 Å². The van der Waals surface area contributed by atoms with Gasteiger partial charge in [-0.25, -0.2) is 8.42 Å². The summed E-state index contributed by atoms with van der Waals surface area (Å²) >= 11 is 0. The minimum absolute atomic E-state index is 0.173. The molecular formula is C15H14N2O3S. The zero-order chi connectivity index (χ0) is 14.9. The Morgan fingerprint density at radius 1 is 1.19 bits per heavy atom. The van der Waals surface area contributed by atoms with E-state index in [1.165, 1.54) is 5.41 Å². The molecule has 1 aliphatic heterocycles. The second kappa shape index (κ2) is 5.31. The lowest BCUT2D eigenvalue weighted by molar-refractivity contribution is 0.368. The van der Waals surface area contributed by atoms with Crippen molar-refractivity contribution < 1.29 is 13.2 Å². The maximum atomic E-state index is 12.3. The third-order valence-corrected chi connectivity index (χ3v) is 4.92. The minimum atomic E-state index is -3.44. The predicted molar refractivity (Wildman–Crippen MR) is 79.2 cm³/mol. The van der Waals surface area contributed by atoms with E-state index in [2.05, 4.69) is 4.98 Å². The molecule has 5 nitrogen and oxygen atoms in total. The summed E-state index contributed by atoms with van der Waals surface area (Å²) < 4.78 is 30.1. The number of pyridine rings is 1. The van der Waals surface area contributed by atoms with Gasteiger partial charge in [-0.1, -0.05) is 18.2 Å². The predicted octanol–water partition coefficient (Wildman–Crippen LogP) is 1.75. The Morgan fingerprint density at radius 3 is 2.76 bits per heavy atom. The highest BCUT2D eigenvalue weighted by molar-refractivity contribution is 7.95. The van der Waals surface area contributed by atoms with Crippen LogP contribution in [0.15, 0.2) is 53.0 Å². The molecule has 1 aromatic heterocycles. The van der Waals surface area contributed by atoms with E-state index in [1.807, 2.05) is 0 Å². The standard InChI is InChI=1S/C15H14N2O3S/c16-7-11-3-1-5-14-12(10-21(18,19)15(11)14)9-20-13-4-2-6-17-8-13/h1-6,8,10H,7,9,16H2. The number of hydrogen-bond donors (Lipinski definition) is 1. The second-order valence-corrected chi connectivity index (χ2v) is 6.40. The van der Waals surface area contributed by atoms with Gasteiger partial charge in [-0.3, -0.25) is 4.98 Å². The lowest BCUT2D eigenvalue weighted by atomic mass is 10.1. The highest BCUT2D eigenvalue weighted by atomic mass is 32.2. The van der Waals surface area contributed by atoms with E-state index >= 15 is 0 Å². The minimum Gasteiger partial charge on any atom is -0.487 e. The lowest BCUT2D eigenvalue weighted by Crippen LogP contribution is -2.05. The summed E-state index contributed by atoms with van der Waals surface area (Å²) in [5.74, 6) is 0.597. The van der Waals surface area contributed by atoms with E-state index in [4.69, 9.17) is 10.5 Å². The lowest BCUT2D eigenvalue weighted by Gasteiger charge is -2.09. The van der Waals surface area contributed by atoms with Crippen molar-refractivity contribution in [3.8, 4) is 5.75 Å². The van der Waals surface area contributed by atoms with Crippen molar-refractivity contribution in [1.82, 2.24) is 4.98 Å². The molecule has 6 heteroatoms. The smallest absolute Gasteiger partial charge is 0.201 e. The van der Waals surface area contributed by atoms with Gasteiger partial charge in [0.2, 0.25) is 9.84 Å².